The summed E-state index contributed by atoms with van der Waals surface area (Å²) in [6, 6.07) is 2.41. The summed E-state index contributed by atoms with van der Waals surface area (Å²) in [6.45, 7) is 0. The van der Waals surface area contributed by atoms with Gasteiger partial charge in [0.25, 0.3) is 5.91 Å². The average molecular weight is 312 g/mol. The van der Waals surface area contributed by atoms with Crippen molar-refractivity contribution >= 4 is 23.1 Å². The molecule has 0 saturated heterocycles. The van der Waals surface area contributed by atoms with E-state index in [1.54, 1.807) is 0 Å². The van der Waals surface area contributed by atoms with Crippen molar-refractivity contribution in [3.63, 3.8) is 0 Å². The smallest absolute Gasteiger partial charge is 0.254 e. The zero-order valence-electron chi connectivity index (χ0n) is 11.6. The summed E-state index contributed by atoms with van der Waals surface area (Å²) >= 11 is 5.03. The van der Waals surface area contributed by atoms with Gasteiger partial charge in [0.05, 0.1) is 16.6 Å². The Kier molecular flexibility index (Phi) is 5.22. The normalized spacial score (nSPS) is 17.2. The highest BCUT2D eigenvalue weighted by Crippen LogP contribution is 2.27. The molecule has 1 aliphatic rings. The van der Waals surface area contributed by atoms with Crippen LogP contribution in [0.2, 0.25) is 0 Å². The predicted octanol–water partition coefficient (Wildman–Crippen LogP) is 2.93. The Hall–Kier alpha value is -1.56. The monoisotopic (exact) mass is 312 g/mol. The summed E-state index contributed by atoms with van der Waals surface area (Å²) in [5.41, 5.74) is 5.52. The number of nitrogens with one attached hydrogen (secondary N) is 1. The molecular weight excluding hydrogens is 294 g/mol. The summed E-state index contributed by atoms with van der Waals surface area (Å²) < 4.78 is 26.5. The molecule has 1 fully saturated rings. The maximum atomic E-state index is 13.6. The lowest BCUT2D eigenvalue weighted by atomic mass is 9.83. The van der Waals surface area contributed by atoms with Gasteiger partial charge in [-0.2, -0.15) is 0 Å². The fourth-order valence-corrected chi connectivity index (χ4v) is 3.03. The van der Waals surface area contributed by atoms with Gasteiger partial charge in [-0.1, -0.05) is 31.5 Å². The molecule has 1 unspecified atom stereocenters. The van der Waals surface area contributed by atoms with Crippen LogP contribution in [-0.2, 0) is 0 Å². The maximum Gasteiger partial charge on any atom is 0.254 e. The third kappa shape index (κ3) is 3.97. The van der Waals surface area contributed by atoms with Gasteiger partial charge >= 0.3 is 0 Å². The van der Waals surface area contributed by atoms with E-state index in [0.717, 1.165) is 37.8 Å². The molecule has 21 heavy (non-hydrogen) atoms. The Morgan fingerprint density at radius 1 is 1.29 bits per heavy atom. The third-order valence-corrected chi connectivity index (χ3v) is 4.14. The van der Waals surface area contributed by atoms with E-state index in [2.05, 4.69) is 5.32 Å². The van der Waals surface area contributed by atoms with Gasteiger partial charge < -0.3 is 11.1 Å². The Bertz CT molecular complexity index is 544. The number of halogens is 2. The molecule has 1 saturated carbocycles. The molecule has 2 rings (SSSR count). The Morgan fingerprint density at radius 2 is 1.95 bits per heavy atom. The minimum atomic E-state index is -0.891. The largest absolute Gasteiger partial charge is 0.392 e. The van der Waals surface area contributed by atoms with Gasteiger partial charge in [-0.05, 0) is 30.9 Å². The van der Waals surface area contributed by atoms with Crippen molar-refractivity contribution in [2.24, 2.45) is 11.7 Å². The van der Waals surface area contributed by atoms with E-state index in [1.165, 1.54) is 6.42 Å². The number of amides is 1. The number of hydrogen-bond acceptors (Lipinski definition) is 2. The summed E-state index contributed by atoms with van der Waals surface area (Å²) in [7, 11) is 0. The second kappa shape index (κ2) is 6.93. The molecule has 6 heteroatoms. The van der Waals surface area contributed by atoms with Crippen molar-refractivity contribution in [1.82, 2.24) is 5.32 Å². The van der Waals surface area contributed by atoms with Crippen LogP contribution in [0.5, 0.6) is 0 Å². The fourth-order valence-electron chi connectivity index (χ4n) is 2.78. The van der Waals surface area contributed by atoms with Gasteiger partial charge in [-0.15, -0.1) is 0 Å². The third-order valence-electron chi connectivity index (χ3n) is 3.89. The molecule has 0 bridgehead atoms. The van der Waals surface area contributed by atoms with E-state index in [1.807, 2.05) is 0 Å². The molecular formula is C15H18F2N2OS. The molecule has 0 spiro atoms. The van der Waals surface area contributed by atoms with Crippen LogP contribution in [0.4, 0.5) is 8.78 Å². The zero-order chi connectivity index (χ0) is 15.4. The van der Waals surface area contributed by atoms with E-state index in [0.29, 0.717) is 6.07 Å². The Balaban J connectivity index is 2.12. The van der Waals surface area contributed by atoms with Crippen LogP contribution in [0.1, 0.15) is 42.5 Å². The van der Waals surface area contributed by atoms with Gasteiger partial charge in [0, 0.05) is 6.07 Å². The van der Waals surface area contributed by atoms with Crippen molar-refractivity contribution < 1.29 is 13.6 Å². The van der Waals surface area contributed by atoms with Crippen LogP contribution in [0.15, 0.2) is 18.2 Å². The van der Waals surface area contributed by atoms with Crippen LogP contribution in [0.25, 0.3) is 0 Å². The van der Waals surface area contributed by atoms with Crippen LogP contribution < -0.4 is 11.1 Å². The Morgan fingerprint density at radius 3 is 2.52 bits per heavy atom. The summed E-state index contributed by atoms with van der Waals surface area (Å²) in [4.78, 5) is 12.4. The molecule has 1 aromatic rings. The van der Waals surface area contributed by atoms with Gasteiger partial charge in [0.1, 0.15) is 11.6 Å². The van der Waals surface area contributed by atoms with Crippen LogP contribution in [0, 0.1) is 17.6 Å². The zero-order valence-corrected chi connectivity index (χ0v) is 12.4. The van der Waals surface area contributed by atoms with Crippen molar-refractivity contribution in [3.05, 3.63) is 35.4 Å². The van der Waals surface area contributed by atoms with E-state index < -0.39 is 23.6 Å². The number of carbonyl (C=O) groups excluding carboxylic acids is 1. The first-order chi connectivity index (χ1) is 9.99. The molecule has 1 atom stereocenters. The molecule has 0 aliphatic heterocycles. The van der Waals surface area contributed by atoms with Crippen LogP contribution in [-0.4, -0.2) is 16.9 Å². The lowest BCUT2D eigenvalue weighted by Gasteiger charge is -2.30. The first-order valence-electron chi connectivity index (χ1n) is 7.04. The molecule has 114 valence electrons. The SMILES string of the molecule is NC(=S)C(NC(=O)c1ccc(F)cc1F)C1CCCCC1. The van der Waals surface area contributed by atoms with Gasteiger partial charge in [-0.25, -0.2) is 8.78 Å². The van der Waals surface area contributed by atoms with E-state index in [-0.39, 0.29) is 16.5 Å². The number of rotatable bonds is 4. The van der Waals surface area contributed by atoms with Crippen molar-refractivity contribution in [2.75, 3.05) is 0 Å². The lowest BCUT2D eigenvalue weighted by molar-refractivity contribution is 0.0927. The average Bonchev–Trinajstić information content (AvgIpc) is 2.45. The minimum absolute atomic E-state index is 0.184. The number of thiocarbonyl (C=S) groups is 1. The van der Waals surface area contributed by atoms with E-state index in [9.17, 15) is 13.6 Å². The van der Waals surface area contributed by atoms with E-state index in [4.69, 9.17) is 18.0 Å². The predicted molar refractivity (Wildman–Crippen MR) is 81.0 cm³/mol. The standard InChI is InChI=1S/C15H18F2N2OS/c16-10-6-7-11(12(17)8-10)15(20)19-13(14(18)21)9-4-2-1-3-5-9/h6-9,13H,1-5H2,(H2,18,21)(H,19,20). The number of nitrogens with two attached hydrogens (primary N) is 1. The summed E-state index contributed by atoms with van der Waals surface area (Å²) in [6.07, 6.45) is 5.19. The summed E-state index contributed by atoms with van der Waals surface area (Å²) in [5.74, 6) is -2.04. The lowest BCUT2D eigenvalue weighted by Crippen LogP contribution is -2.49. The highest BCUT2D eigenvalue weighted by Gasteiger charge is 2.28. The molecule has 0 heterocycles. The number of hydrogen-bond donors (Lipinski definition) is 2. The fraction of sp³-hybridized carbons (Fsp3) is 0.467. The quantitative estimate of drug-likeness (QED) is 0.841. The number of benzene rings is 1. The molecule has 0 aromatic heterocycles. The summed E-state index contributed by atoms with van der Waals surface area (Å²) in [5, 5.41) is 2.70. The molecule has 1 aliphatic carbocycles. The first-order valence-corrected chi connectivity index (χ1v) is 7.45. The molecule has 1 amide bonds. The topological polar surface area (TPSA) is 55.1 Å². The van der Waals surface area contributed by atoms with Gasteiger partial charge in [0.2, 0.25) is 0 Å². The van der Waals surface area contributed by atoms with Gasteiger partial charge in [-0.3, -0.25) is 4.79 Å². The highest BCUT2D eigenvalue weighted by molar-refractivity contribution is 7.80. The second-order valence-corrected chi connectivity index (χ2v) is 5.85. The minimum Gasteiger partial charge on any atom is -0.392 e. The van der Waals surface area contributed by atoms with E-state index >= 15 is 0 Å². The van der Waals surface area contributed by atoms with Crippen molar-refractivity contribution in [2.45, 2.75) is 38.1 Å². The Labute approximate surface area is 127 Å². The van der Waals surface area contributed by atoms with Crippen LogP contribution in [0.3, 0.4) is 0 Å². The maximum absolute atomic E-state index is 13.6. The molecule has 3 nitrogen and oxygen atoms in total. The van der Waals surface area contributed by atoms with Gasteiger partial charge in [0.15, 0.2) is 0 Å². The first kappa shape index (κ1) is 15.8. The molecule has 1 aromatic carbocycles. The van der Waals surface area contributed by atoms with Crippen LogP contribution >= 0.6 is 12.2 Å². The number of carbonyl (C=O) groups is 1. The van der Waals surface area contributed by atoms with Crippen molar-refractivity contribution in [3.8, 4) is 0 Å². The van der Waals surface area contributed by atoms with Crippen molar-refractivity contribution in [1.29, 1.82) is 0 Å². The second-order valence-electron chi connectivity index (χ2n) is 5.38. The highest BCUT2D eigenvalue weighted by atomic mass is 32.1. The molecule has 0 radical (unpaired) electrons. The molecule has 3 N–H and O–H groups in total.